The van der Waals surface area contributed by atoms with Crippen molar-refractivity contribution in [1.29, 1.82) is 0 Å². The lowest BCUT2D eigenvalue weighted by atomic mass is 9.98. The Hall–Kier alpha value is -7.66. The minimum absolute atomic E-state index is 0.856. The molecule has 3 nitrogen and oxygen atoms in total. The molecule has 1 aliphatic rings. The number of benzene rings is 10. The third-order valence-electron chi connectivity index (χ3n) is 11.8. The summed E-state index contributed by atoms with van der Waals surface area (Å²) in [5.41, 5.74) is 11.4. The zero-order chi connectivity index (χ0) is 39.6. The van der Waals surface area contributed by atoms with Crippen molar-refractivity contribution in [1.82, 2.24) is 0 Å². The normalized spacial score (nSPS) is 12.1. The summed E-state index contributed by atoms with van der Waals surface area (Å²) >= 11 is 1.86. The molecule has 60 heavy (non-hydrogen) atoms. The molecule has 2 heterocycles. The lowest BCUT2D eigenvalue weighted by molar-refractivity contribution is 0.477. The van der Waals surface area contributed by atoms with Crippen molar-refractivity contribution >= 4 is 87.2 Å². The van der Waals surface area contributed by atoms with Crippen molar-refractivity contribution in [2.24, 2.45) is 0 Å². The number of nitrogens with zero attached hydrogens (tertiary/aromatic N) is 2. The minimum atomic E-state index is 0.856. The van der Waals surface area contributed by atoms with Gasteiger partial charge in [-0.15, -0.1) is 11.3 Å². The number of rotatable bonds is 6. The van der Waals surface area contributed by atoms with Crippen molar-refractivity contribution in [3.63, 3.8) is 0 Å². The summed E-state index contributed by atoms with van der Waals surface area (Å²) < 4.78 is 8.84. The van der Waals surface area contributed by atoms with Gasteiger partial charge in [-0.2, -0.15) is 0 Å². The highest BCUT2D eigenvalue weighted by Gasteiger charge is 2.25. The van der Waals surface area contributed by atoms with Crippen LogP contribution in [0.2, 0.25) is 0 Å². The molecule has 0 saturated carbocycles. The molecule has 0 aliphatic carbocycles. The number of ether oxygens (including phenoxy) is 1. The minimum Gasteiger partial charge on any atom is -0.453 e. The maximum atomic E-state index is 6.26. The molecule has 1 aliphatic heterocycles. The van der Waals surface area contributed by atoms with Gasteiger partial charge in [-0.25, -0.2) is 0 Å². The number of fused-ring (bicyclic) bond motifs is 7. The molecule has 0 fully saturated rings. The average molecular weight is 785 g/mol. The number of para-hydroxylation sites is 5. The van der Waals surface area contributed by atoms with Crippen LogP contribution in [0.25, 0.3) is 64.0 Å². The Bertz CT molecular complexity index is 3310. The molecule has 10 aromatic carbocycles. The van der Waals surface area contributed by atoms with E-state index in [9.17, 15) is 0 Å². The van der Waals surface area contributed by atoms with Gasteiger partial charge in [0, 0.05) is 48.0 Å². The van der Waals surface area contributed by atoms with Crippen LogP contribution in [0.1, 0.15) is 0 Å². The molecular formula is C56H36N2OS. The summed E-state index contributed by atoms with van der Waals surface area (Å²) in [4.78, 5) is 4.70. The lowest BCUT2D eigenvalue weighted by Gasteiger charge is -2.32. The fourth-order valence-electron chi connectivity index (χ4n) is 8.94. The van der Waals surface area contributed by atoms with E-state index in [1.165, 1.54) is 69.7 Å². The summed E-state index contributed by atoms with van der Waals surface area (Å²) in [6.45, 7) is 0. The van der Waals surface area contributed by atoms with Crippen molar-refractivity contribution in [2.75, 3.05) is 9.80 Å². The van der Waals surface area contributed by atoms with Crippen LogP contribution in [0, 0.1) is 0 Å². The highest BCUT2D eigenvalue weighted by Crippen LogP contribution is 2.50. The fraction of sp³-hybridized carbons (Fsp3) is 0. The first-order chi connectivity index (χ1) is 29.7. The van der Waals surface area contributed by atoms with Gasteiger partial charge < -0.3 is 14.5 Å². The third-order valence-corrected chi connectivity index (χ3v) is 13.0. The van der Waals surface area contributed by atoms with Crippen LogP contribution in [0.5, 0.6) is 11.5 Å². The molecule has 0 N–H and O–H groups in total. The predicted octanol–water partition coefficient (Wildman–Crippen LogP) is 16.7. The SMILES string of the molecule is c1ccc(N(c2ccc(-c3ccc4sc5ccc(-c6ccc(N7c8ccccc8Oc8ccccc87)cc6)cc5c4c3)cc2)c2c3ccccc3cc3ccccc23)cc1. The second-order valence-corrected chi connectivity index (χ2v) is 16.4. The predicted molar refractivity (Wildman–Crippen MR) is 255 cm³/mol. The Morgan fingerprint density at radius 2 is 0.833 bits per heavy atom. The van der Waals surface area contributed by atoms with E-state index in [-0.39, 0.29) is 0 Å². The standard InChI is InChI=1S/C56H36N2OS/c1-2-14-43(15-3-1)57(56-46-16-6-4-12-41(46)34-42-13-5-7-17-47(42)56)44-28-22-37(23-29-44)39-26-32-54-48(35-39)49-36-40(27-33-55(49)60-54)38-24-30-45(31-25-38)58-50-18-8-10-20-52(50)59-53-21-11-9-19-51(53)58/h1-36H. The van der Waals surface area contributed by atoms with E-state index in [4.69, 9.17) is 4.74 Å². The monoisotopic (exact) mass is 784 g/mol. The molecule has 0 saturated heterocycles. The number of hydrogen-bond donors (Lipinski definition) is 0. The first-order valence-electron chi connectivity index (χ1n) is 20.3. The molecule has 0 unspecified atom stereocenters. The van der Waals surface area contributed by atoms with Gasteiger partial charge in [0.25, 0.3) is 0 Å². The summed E-state index contributed by atoms with van der Waals surface area (Å²) in [5.74, 6) is 1.71. The highest BCUT2D eigenvalue weighted by molar-refractivity contribution is 7.25. The second kappa shape index (κ2) is 14.0. The first-order valence-corrected chi connectivity index (χ1v) is 21.1. The third kappa shape index (κ3) is 5.72. The van der Waals surface area contributed by atoms with Gasteiger partial charge in [0.2, 0.25) is 0 Å². The Morgan fingerprint density at radius 1 is 0.367 bits per heavy atom. The maximum Gasteiger partial charge on any atom is 0.151 e. The van der Waals surface area contributed by atoms with E-state index >= 15 is 0 Å². The van der Waals surface area contributed by atoms with Crippen LogP contribution in [-0.4, -0.2) is 0 Å². The van der Waals surface area contributed by atoms with Crippen LogP contribution in [0.3, 0.4) is 0 Å². The topological polar surface area (TPSA) is 15.7 Å². The summed E-state index contributed by atoms with van der Waals surface area (Å²) in [5, 5.41) is 7.47. The smallest absolute Gasteiger partial charge is 0.151 e. The Morgan fingerprint density at radius 3 is 1.42 bits per heavy atom. The highest BCUT2D eigenvalue weighted by atomic mass is 32.1. The van der Waals surface area contributed by atoms with Gasteiger partial charge in [0.05, 0.1) is 17.1 Å². The van der Waals surface area contributed by atoms with E-state index < -0.39 is 0 Å². The van der Waals surface area contributed by atoms with Crippen LogP contribution >= 0.6 is 11.3 Å². The zero-order valence-corrected chi connectivity index (χ0v) is 33.3. The Labute approximate surface area is 352 Å². The molecule has 11 aromatic rings. The fourth-order valence-corrected chi connectivity index (χ4v) is 10.0. The molecule has 0 radical (unpaired) electrons. The van der Waals surface area contributed by atoms with Crippen molar-refractivity contribution in [2.45, 2.75) is 0 Å². The molecule has 0 spiro atoms. The quantitative estimate of drug-likeness (QED) is 0.156. The van der Waals surface area contributed by atoms with Crippen LogP contribution in [0.15, 0.2) is 218 Å². The number of thiophene rings is 1. The van der Waals surface area contributed by atoms with Gasteiger partial charge in [-0.1, -0.05) is 127 Å². The second-order valence-electron chi connectivity index (χ2n) is 15.3. The Balaban J connectivity index is 0.901. The van der Waals surface area contributed by atoms with E-state index in [2.05, 4.69) is 204 Å². The molecule has 12 rings (SSSR count). The Kier molecular flexibility index (Phi) is 8.03. The van der Waals surface area contributed by atoms with Crippen molar-refractivity contribution in [3.05, 3.63) is 218 Å². The van der Waals surface area contributed by atoms with Gasteiger partial charge in [0.1, 0.15) is 0 Å². The van der Waals surface area contributed by atoms with Gasteiger partial charge in [0.15, 0.2) is 11.5 Å². The van der Waals surface area contributed by atoms with Crippen molar-refractivity contribution < 1.29 is 4.74 Å². The summed E-state index contributed by atoms with van der Waals surface area (Å²) in [6, 6.07) is 78.7. The van der Waals surface area contributed by atoms with Gasteiger partial charge in [-0.05, 0) is 124 Å². The van der Waals surface area contributed by atoms with E-state index in [0.717, 1.165) is 39.9 Å². The van der Waals surface area contributed by atoms with Crippen LogP contribution < -0.4 is 14.5 Å². The van der Waals surface area contributed by atoms with Gasteiger partial charge >= 0.3 is 0 Å². The molecule has 4 heteroatoms. The molecule has 1 aromatic heterocycles. The zero-order valence-electron chi connectivity index (χ0n) is 32.5. The lowest BCUT2D eigenvalue weighted by Crippen LogP contribution is -2.15. The molecule has 0 bridgehead atoms. The number of hydrogen-bond acceptors (Lipinski definition) is 4. The van der Waals surface area contributed by atoms with Crippen molar-refractivity contribution in [3.8, 4) is 33.8 Å². The average Bonchev–Trinajstić information content (AvgIpc) is 3.68. The number of anilines is 6. The molecular weight excluding hydrogens is 749 g/mol. The van der Waals surface area contributed by atoms with E-state index in [1.54, 1.807) is 0 Å². The first kappa shape index (κ1) is 34.4. The largest absolute Gasteiger partial charge is 0.453 e. The molecule has 0 amide bonds. The summed E-state index contributed by atoms with van der Waals surface area (Å²) in [6.07, 6.45) is 0. The molecule has 282 valence electrons. The van der Waals surface area contributed by atoms with Crippen LogP contribution in [0.4, 0.5) is 34.1 Å². The van der Waals surface area contributed by atoms with Crippen LogP contribution in [-0.2, 0) is 0 Å². The maximum absolute atomic E-state index is 6.26. The summed E-state index contributed by atoms with van der Waals surface area (Å²) in [7, 11) is 0. The van der Waals surface area contributed by atoms with E-state index in [0.29, 0.717) is 0 Å². The van der Waals surface area contributed by atoms with E-state index in [1.807, 2.05) is 35.6 Å². The van der Waals surface area contributed by atoms with Gasteiger partial charge in [-0.3, -0.25) is 0 Å². The molecule has 0 atom stereocenters.